The molecule has 1 N–H and O–H groups in total. The highest BCUT2D eigenvalue weighted by Crippen LogP contribution is 2.09. The lowest BCUT2D eigenvalue weighted by molar-refractivity contribution is -0.140. The molecule has 1 atom stereocenters. The summed E-state index contributed by atoms with van der Waals surface area (Å²) in [6.45, 7) is 1.45. The third-order valence-corrected chi connectivity index (χ3v) is 2.86. The highest BCUT2D eigenvalue weighted by atomic mass is 16.5. The van der Waals surface area contributed by atoms with Gasteiger partial charge in [-0.3, -0.25) is 9.78 Å². The Bertz CT molecular complexity index is 369. The summed E-state index contributed by atoms with van der Waals surface area (Å²) in [5.41, 5.74) is 0.938. The predicted octanol–water partition coefficient (Wildman–Crippen LogP) is -0.156. The Kier molecular flexibility index (Phi) is 4.06. The van der Waals surface area contributed by atoms with Gasteiger partial charge in [-0.1, -0.05) is 0 Å². The molecule has 2 rings (SSSR count). The molecule has 0 aromatic carbocycles. The fourth-order valence-electron chi connectivity index (χ4n) is 1.91. The third-order valence-electron chi connectivity index (χ3n) is 2.86. The van der Waals surface area contributed by atoms with Gasteiger partial charge in [-0.25, -0.2) is 0 Å². The molecule has 2 heterocycles. The van der Waals surface area contributed by atoms with E-state index in [4.69, 9.17) is 4.74 Å². The molecule has 1 aliphatic heterocycles. The maximum atomic E-state index is 12.1. The molecule has 1 aromatic rings. The first-order chi connectivity index (χ1) is 8.31. The van der Waals surface area contributed by atoms with Gasteiger partial charge in [-0.15, -0.1) is 0 Å². The van der Waals surface area contributed by atoms with Gasteiger partial charge in [0.1, 0.15) is 0 Å². The van der Waals surface area contributed by atoms with E-state index in [-0.39, 0.29) is 18.6 Å². The van der Waals surface area contributed by atoms with Crippen molar-refractivity contribution in [1.82, 2.24) is 9.88 Å². The van der Waals surface area contributed by atoms with Gasteiger partial charge in [0.25, 0.3) is 0 Å². The van der Waals surface area contributed by atoms with Crippen LogP contribution in [-0.2, 0) is 16.0 Å². The Balaban J connectivity index is 1.99. The van der Waals surface area contributed by atoms with Crippen LogP contribution in [0.3, 0.4) is 0 Å². The summed E-state index contributed by atoms with van der Waals surface area (Å²) >= 11 is 0. The van der Waals surface area contributed by atoms with Gasteiger partial charge in [-0.05, 0) is 17.7 Å². The molecule has 5 heteroatoms. The summed E-state index contributed by atoms with van der Waals surface area (Å²) in [5, 5.41) is 9.19. The first-order valence-corrected chi connectivity index (χ1v) is 5.68. The van der Waals surface area contributed by atoms with Crippen molar-refractivity contribution in [2.24, 2.45) is 0 Å². The van der Waals surface area contributed by atoms with E-state index in [2.05, 4.69) is 4.98 Å². The lowest BCUT2D eigenvalue weighted by Crippen LogP contribution is -2.51. The molecule has 1 aromatic heterocycles. The van der Waals surface area contributed by atoms with Crippen molar-refractivity contribution in [3.05, 3.63) is 30.1 Å². The monoisotopic (exact) mass is 236 g/mol. The highest BCUT2D eigenvalue weighted by Gasteiger charge is 2.26. The van der Waals surface area contributed by atoms with E-state index in [0.29, 0.717) is 26.2 Å². The molecule has 0 saturated carbocycles. The number of aromatic nitrogens is 1. The van der Waals surface area contributed by atoms with Crippen LogP contribution < -0.4 is 0 Å². The van der Waals surface area contributed by atoms with Gasteiger partial charge in [0.2, 0.25) is 5.91 Å². The average molecular weight is 236 g/mol. The zero-order valence-electron chi connectivity index (χ0n) is 9.58. The fourth-order valence-corrected chi connectivity index (χ4v) is 1.91. The van der Waals surface area contributed by atoms with Gasteiger partial charge >= 0.3 is 0 Å². The lowest BCUT2D eigenvalue weighted by atomic mass is 10.1. The minimum absolute atomic E-state index is 0.0264. The second-order valence-corrected chi connectivity index (χ2v) is 4.03. The van der Waals surface area contributed by atoms with Gasteiger partial charge in [-0.2, -0.15) is 0 Å². The number of ether oxygens (including phenoxy) is 1. The number of hydrogen-bond acceptors (Lipinski definition) is 4. The molecule has 1 saturated heterocycles. The summed E-state index contributed by atoms with van der Waals surface area (Å²) in [5.74, 6) is 0.0264. The van der Waals surface area contributed by atoms with E-state index < -0.39 is 0 Å². The topological polar surface area (TPSA) is 62.7 Å². The second kappa shape index (κ2) is 5.75. The second-order valence-electron chi connectivity index (χ2n) is 4.03. The Hall–Kier alpha value is -1.46. The van der Waals surface area contributed by atoms with Crippen LogP contribution in [0.2, 0.25) is 0 Å². The molecule has 1 amide bonds. The number of carbonyl (C=O) groups excluding carboxylic acids is 1. The number of carbonyl (C=O) groups is 1. The number of aliphatic hydroxyl groups is 1. The van der Waals surface area contributed by atoms with Crippen LogP contribution in [0, 0.1) is 0 Å². The molecule has 92 valence electrons. The summed E-state index contributed by atoms with van der Waals surface area (Å²) in [7, 11) is 0. The normalized spacial score (nSPS) is 20.3. The van der Waals surface area contributed by atoms with E-state index in [1.807, 2.05) is 12.1 Å². The van der Waals surface area contributed by atoms with E-state index in [0.717, 1.165) is 5.56 Å². The smallest absolute Gasteiger partial charge is 0.227 e. The van der Waals surface area contributed by atoms with Gasteiger partial charge in [0, 0.05) is 18.9 Å². The van der Waals surface area contributed by atoms with Crippen LogP contribution in [0.5, 0.6) is 0 Å². The molecule has 17 heavy (non-hydrogen) atoms. The molecule has 0 bridgehead atoms. The summed E-state index contributed by atoms with van der Waals surface area (Å²) in [4.78, 5) is 17.7. The minimum atomic E-state index is -0.210. The van der Waals surface area contributed by atoms with E-state index in [1.165, 1.54) is 0 Å². The largest absolute Gasteiger partial charge is 0.394 e. The third kappa shape index (κ3) is 3.01. The van der Waals surface area contributed by atoms with Crippen molar-refractivity contribution in [3.8, 4) is 0 Å². The Labute approximate surface area is 100 Å². The van der Waals surface area contributed by atoms with Gasteiger partial charge in [0.15, 0.2) is 0 Å². The molecule has 5 nitrogen and oxygen atoms in total. The number of amides is 1. The first-order valence-electron chi connectivity index (χ1n) is 5.68. The lowest BCUT2D eigenvalue weighted by Gasteiger charge is -2.34. The number of morpholine rings is 1. The van der Waals surface area contributed by atoms with Crippen LogP contribution in [0.15, 0.2) is 24.5 Å². The number of hydrogen-bond donors (Lipinski definition) is 1. The molecule has 0 aliphatic carbocycles. The Morgan fingerprint density at radius 3 is 3.00 bits per heavy atom. The number of aliphatic hydroxyl groups excluding tert-OH is 1. The number of nitrogens with zero attached hydrogens (tertiary/aromatic N) is 2. The van der Waals surface area contributed by atoms with Crippen LogP contribution in [0.25, 0.3) is 0 Å². The minimum Gasteiger partial charge on any atom is -0.394 e. The van der Waals surface area contributed by atoms with Crippen LogP contribution in [0.4, 0.5) is 0 Å². The summed E-state index contributed by atoms with van der Waals surface area (Å²) in [6, 6.07) is 3.44. The summed E-state index contributed by atoms with van der Waals surface area (Å²) < 4.78 is 5.24. The molecule has 1 fully saturated rings. The zero-order valence-corrected chi connectivity index (χ0v) is 9.58. The fraction of sp³-hybridized carbons (Fsp3) is 0.500. The van der Waals surface area contributed by atoms with Crippen molar-refractivity contribution in [2.45, 2.75) is 12.5 Å². The van der Waals surface area contributed by atoms with Gasteiger partial charge in [0.05, 0.1) is 32.3 Å². The van der Waals surface area contributed by atoms with Crippen molar-refractivity contribution in [3.63, 3.8) is 0 Å². The maximum absolute atomic E-state index is 12.1. The van der Waals surface area contributed by atoms with Crippen molar-refractivity contribution >= 4 is 5.91 Å². The van der Waals surface area contributed by atoms with E-state index in [9.17, 15) is 9.90 Å². The van der Waals surface area contributed by atoms with E-state index >= 15 is 0 Å². The van der Waals surface area contributed by atoms with Gasteiger partial charge < -0.3 is 14.7 Å². The zero-order chi connectivity index (χ0) is 12.1. The van der Waals surface area contributed by atoms with Crippen molar-refractivity contribution in [1.29, 1.82) is 0 Å². The molecule has 1 aliphatic rings. The Morgan fingerprint density at radius 1 is 1.53 bits per heavy atom. The average Bonchev–Trinajstić information content (AvgIpc) is 2.40. The van der Waals surface area contributed by atoms with Crippen molar-refractivity contribution in [2.75, 3.05) is 26.4 Å². The molecule has 0 spiro atoms. The SMILES string of the molecule is O=C(Cc1ccncc1)N1CCOCC1CO. The molecule has 1 unspecified atom stereocenters. The number of pyridine rings is 1. The maximum Gasteiger partial charge on any atom is 0.227 e. The van der Waals surface area contributed by atoms with Crippen LogP contribution in [0.1, 0.15) is 5.56 Å². The standard InChI is InChI=1S/C12H16N2O3/c15-8-11-9-17-6-5-14(11)12(16)7-10-1-3-13-4-2-10/h1-4,11,15H,5-9H2. The number of rotatable bonds is 3. The molecule has 0 radical (unpaired) electrons. The van der Waals surface area contributed by atoms with Crippen LogP contribution >= 0.6 is 0 Å². The van der Waals surface area contributed by atoms with E-state index in [1.54, 1.807) is 17.3 Å². The van der Waals surface area contributed by atoms with Crippen molar-refractivity contribution < 1.29 is 14.6 Å². The summed E-state index contributed by atoms with van der Waals surface area (Å²) in [6.07, 6.45) is 3.69. The quantitative estimate of drug-likeness (QED) is 0.792. The Morgan fingerprint density at radius 2 is 2.29 bits per heavy atom. The highest BCUT2D eigenvalue weighted by molar-refractivity contribution is 5.79. The molecular formula is C12H16N2O3. The molecular weight excluding hydrogens is 220 g/mol. The van der Waals surface area contributed by atoms with Crippen LogP contribution in [-0.4, -0.2) is 53.3 Å². The first kappa shape index (κ1) is 12.0. The predicted molar refractivity (Wildman–Crippen MR) is 61.3 cm³/mol.